The van der Waals surface area contributed by atoms with Crippen LogP contribution in [0.25, 0.3) is 0 Å². The number of carbonyl (C=O) groups excluding carboxylic acids is 1. The van der Waals surface area contributed by atoms with Gasteiger partial charge in [0.05, 0.1) is 29.0 Å². The maximum atomic E-state index is 12.8. The molecule has 0 aliphatic rings. The van der Waals surface area contributed by atoms with E-state index < -0.39 is 16.1 Å². The molecule has 1 atom stereocenters. The second-order valence-corrected chi connectivity index (χ2v) is 9.66. The van der Waals surface area contributed by atoms with E-state index in [0.29, 0.717) is 23.7 Å². The van der Waals surface area contributed by atoms with Crippen molar-refractivity contribution in [1.29, 1.82) is 0 Å². The van der Waals surface area contributed by atoms with Crippen LogP contribution in [0.3, 0.4) is 0 Å². The SMILES string of the molecule is CCCC(NS(=O)(=O)c1ccc(Br)cc1)C(=S)Nc1cccc(CC(=O)OCC)c1. The van der Waals surface area contributed by atoms with Gasteiger partial charge in [-0.15, -0.1) is 0 Å². The third kappa shape index (κ3) is 7.46. The zero-order valence-corrected chi connectivity index (χ0v) is 20.1. The number of sulfonamides is 1. The number of hydrogen-bond acceptors (Lipinski definition) is 5. The average Bonchev–Trinajstić information content (AvgIpc) is 2.68. The Morgan fingerprint density at radius 1 is 1.17 bits per heavy atom. The van der Waals surface area contributed by atoms with Crippen molar-refractivity contribution in [3.8, 4) is 0 Å². The number of rotatable bonds is 10. The fraction of sp³-hybridized carbons (Fsp3) is 0.333. The van der Waals surface area contributed by atoms with E-state index in [4.69, 9.17) is 17.0 Å². The molecule has 0 fully saturated rings. The van der Waals surface area contributed by atoms with E-state index in [0.717, 1.165) is 16.5 Å². The summed E-state index contributed by atoms with van der Waals surface area (Å²) in [5.41, 5.74) is 1.47. The van der Waals surface area contributed by atoms with Crippen molar-refractivity contribution in [2.75, 3.05) is 11.9 Å². The van der Waals surface area contributed by atoms with Crippen LogP contribution in [0.2, 0.25) is 0 Å². The van der Waals surface area contributed by atoms with Gasteiger partial charge in [-0.25, -0.2) is 13.1 Å². The topological polar surface area (TPSA) is 84.5 Å². The molecule has 0 radical (unpaired) electrons. The Balaban J connectivity index is 2.12. The molecule has 0 aromatic heterocycles. The van der Waals surface area contributed by atoms with Gasteiger partial charge in [-0.1, -0.05) is 53.6 Å². The van der Waals surface area contributed by atoms with Crippen molar-refractivity contribution in [3.63, 3.8) is 0 Å². The van der Waals surface area contributed by atoms with Crippen molar-refractivity contribution >= 4 is 54.8 Å². The normalized spacial score (nSPS) is 12.2. The van der Waals surface area contributed by atoms with Crippen molar-refractivity contribution < 1.29 is 17.9 Å². The molecule has 2 rings (SSSR count). The molecule has 30 heavy (non-hydrogen) atoms. The lowest BCUT2D eigenvalue weighted by atomic mass is 10.1. The molecule has 2 N–H and O–H groups in total. The molecule has 0 aliphatic carbocycles. The molecule has 2 aromatic carbocycles. The maximum Gasteiger partial charge on any atom is 0.310 e. The van der Waals surface area contributed by atoms with Crippen LogP contribution >= 0.6 is 28.1 Å². The highest BCUT2D eigenvalue weighted by Gasteiger charge is 2.23. The smallest absolute Gasteiger partial charge is 0.310 e. The summed E-state index contributed by atoms with van der Waals surface area (Å²) in [5, 5.41) is 3.10. The summed E-state index contributed by atoms with van der Waals surface area (Å²) in [4.78, 5) is 12.2. The zero-order valence-electron chi connectivity index (χ0n) is 16.9. The quantitative estimate of drug-likeness (QED) is 0.361. The van der Waals surface area contributed by atoms with E-state index in [1.807, 2.05) is 19.1 Å². The number of esters is 1. The Morgan fingerprint density at radius 3 is 2.50 bits per heavy atom. The zero-order chi connectivity index (χ0) is 22.1. The number of anilines is 1. The van der Waals surface area contributed by atoms with Gasteiger partial charge in [0.15, 0.2) is 0 Å². The Labute approximate surface area is 191 Å². The van der Waals surface area contributed by atoms with Gasteiger partial charge in [0.1, 0.15) is 0 Å². The lowest BCUT2D eigenvalue weighted by Gasteiger charge is -2.21. The van der Waals surface area contributed by atoms with Gasteiger partial charge in [-0.3, -0.25) is 4.79 Å². The summed E-state index contributed by atoms with van der Waals surface area (Å²) in [5.74, 6) is -0.302. The molecule has 6 nitrogen and oxygen atoms in total. The standard InChI is InChI=1S/C21H25BrN2O4S2/c1-3-6-19(24-30(26,27)18-11-9-16(22)10-12-18)21(29)23-17-8-5-7-15(13-17)14-20(25)28-4-2/h5,7-13,19,24H,3-4,6,14H2,1-2H3,(H,23,29). The average molecular weight is 513 g/mol. The number of nitrogens with one attached hydrogen (secondary N) is 2. The largest absolute Gasteiger partial charge is 0.466 e. The Hall–Kier alpha value is -1.81. The number of benzene rings is 2. The second-order valence-electron chi connectivity index (χ2n) is 6.59. The first-order chi connectivity index (χ1) is 14.2. The van der Waals surface area contributed by atoms with Crippen LogP contribution in [-0.2, 0) is 26.0 Å². The van der Waals surface area contributed by atoms with E-state index in [2.05, 4.69) is 26.0 Å². The molecule has 0 heterocycles. The van der Waals surface area contributed by atoms with Gasteiger partial charge in [-0.2, -0.15) is 0 Å². The predicted octanol–water partition coefficient (Wildman–Crippen LogP) is 4.44. The highest BCUT2D eigenvalue weighted by molar-refractivity contribution is 9.10. The third-order valence-corrected chi connectivity index (χ3v) is 6.57. The molecule has 162 valence electrons. The first kappa shape index (κ1) is 24.5. The monoisotopic (exact) mass is 512 g/mol. The number of carbonyl (C=O) groups is 1. The highest BCUT2D eigenvalue weighted by Crippen LogP contribution is 2.17. The minimum atomic E-state index is -3.73. The maximum absolute atomic E-state index is 12.8. The molecular weight excluding hydrogens is 488 g/mol. The van der Waals surface area contributed by atoms with Gasteiger partial charge in [0.25, 0.3) is 0 Å². The molecule has 0 amide bonds. The summed E-state index contributed by atoms with van der Waals surface area (Å²) >= 11 is 8.80. The van der Waals surface area contributed by atoms with Crippen LogP contribution in [0.1, 0.15) is 32.3 Å². The lowest BCUT2D eigenvalue weighted by Crippen LogP contribution is -2.42. The minimum Gasteiger partial charge on any atom is -0.466 e. The summed E-state index contributed by atoms with van der Waals surface area (Å²) in [6.45, 7) is 4.05. The molecule has 2 aromatic rings. The molecular formula is C21H25BrN2O4S2. The van der Waals surface area contributed by atoms with Crippen LogP contribution < -0.4 is 10.0 Å². The Bertz CT molecular complexity index is 979. The van der Waals surface area contributed by atoms with E-state index in [-0.39, 0.29) is 17.3 Å². The molecule has 0 bridgehead atoms. The van der Waals surface area contributed by atoms with Gasteiger partial charge < -0.3 is 10.1 Å². The van der Waals surface area contributed by atoms with Crippen LogP contribution in [0.15, 0.2) is 57.9 Å². The first-order valence-corrected chi connectivity index (χ1v) is 12.3. The summed E-state index contributed by atoms with van der Waals surface area (Å²) in [6, 6.07) is 13.1. The van der Waals surface area contributed by atoms with Crippen LogP contribution in [0.4, 0.5) is 5.69 Å². The van der Waals surface area contributed by atoms with Gasteiger partial charge in [0, 0.05) is 10.2 Å². The van der Waals surface area contributed by atoms with Gasteiger partial charge in [0.2, 0.25) is 10.0 Å². The number of halogens is 1. The number of ether oxygens (including phenoxy) is 1. The lowest BCUT2D eigenvalue weighted by molar-refractivity contribution is -0.142. The minimum absolute atomic E-state index is 0.157. The Morgan fingerprint density at radius 2 is 1.87 bits per heavy atom. The summed E-state index contributed by atoms with van der Waals surface area (Å²) < 4.78 is 34.0. The molecule has 0 aliphatic heterocycles. The Kier molecular flexibility index (Phi) is 9.41. The van der Waals surface area contributed by atoms with E-state index in [1.165, 1.54) is 12.1 Å². The van der Waals surface area contributed by atoms with Gasteiger partial charge in [-0.05, 0) is 55.3 Å². The van der Waals surface area contributed by atoms with Crippen molar-refractivity contribution in [1.82, 2.24) is 4.72 Å². The van der Waals surface area contributed by atoms with Crippen LogP contribution in [0.5, 0.6) is 0 Å². The van der Waals surface area contributed by atoms with Crippen LogP contribution in [0, 0.1) is 0 Å². The predicted molar refractivity (Wildman–Crippen MR) is 126 cm³/mol. The van der Waals surface area contributed by atoms with Crippen molar-refractivity contribution in [3.05, 3.63) is 58.6 Å². The molecule has 0 spiro atoms. The van der Waals surface area contributed by atoms with Crippen molar-refractivity contribution in [2.45, 2.75) is 44.0 Å². The molecule has 9 heteroatoms. The fourth-order valence-corrected chi connectivity index (χ4v) is 4.64. The molecule has 0 saturated carbocycles. The molecule has 1 unspecified atom stereocenters. The first-order valence-electron chi connectivity index (χ1n) is 9.58. The van der Waals surface area contributed by atoms with E-state index >= 15 is 0 Å². The summed E-state index contributed by atoms with van der Waals surface area (Å²) in [7, 11) is -3.73. The van der Waals surface area contributed by atoms with Gasteiger partial charge >= 0.3 is 5.97 Å². The number of hydrogen-bond donors (Lipinski definition) is 2. The highest BCUT2D eigenvalue weighted by atomic mass is 79.9. The number of thiocarbonyl (C=S) groups is 1. The van der Waals surface area contributed by atoms with E-state index in [1.54, 1.807) is 31.2 Å². The summed E-state index contributed by atoms with van der Waals surface area (Å²) in [6.07, 6.45) is 1.45. The fourth-order valence-electron chi connectivity index (χ4n) is 2.77. The van der Waals surface area contributed by atoms with E-state index in [9.17, 15) is 13.2 Å². The molecule has 0 saturated heterocycles. The third-order valence-electron chi connectivity index (χ3n) is 4.16. The second kappa shape index (κ2) is 11.5. The van der Waals surface area contributed by atoms with Crippen molar-refractivity contribution in [2.24, 2.45) is 0 Å². The van der Waals surface area contributed by atoms with Crippen LogP contribution in [-0.4, -0.2) is 32.0 Å².